The summed E-state index contributed by atoms with van der Waals surface area (Å²) in [4.78, 5) is 13.7. The molecule has 1 N–H and O–H groups in total. The van der Waals surface area contributed by atoms with Gasteiger partial charge >= 0.3 is 0 Å². The molecule has 2 nitrogen and oxygen atoms in total. The quantitative estimate of drug-likeness (QED) is 0.792. The molecule has 1 atom stereocenters. The van der Waals surface area contributed by atoms with Crippen molar-refractivity contribution >= 4 is 33.9 Å². The molecule has 21 heavy (non-hydrogen) atoms. The highest BCUT2D eigenvalue weighted by atomic mass is 32.2. The Hall–Kier alpha value is -1.26. The molecule has 0 radical (unpaired) electrons. The van der Waals surface area contributed by atoms with Crippen LogP contribution in [0.2, 0.25) is 0 Å². The van der Waals surface area contributed by atoms with E-state index in [4.69, 9.17) is 0 Å². The molecule has 1 unspecified atom stereocenters. The minimum Gasteiger partial charge on any atom is -0.376 e. The molecule has 0 saturated heterocycles. The maximum Gasteiger partial charge on any atom is 0.196 e. The number of hydrogen-bond acceptors (Lipinski definition) is 4. The van der Waals surface area contributed by atoms with Gasteiger partial charge in [-0.25, -0.2) is 0 Å². The van der Waals surface area contributed by atoms with Crippen LogP contribution in [0, 0.1) is 5.41 Å². The summed E-state index contributed by atoms with van der Waals surface area (Å²) in [5.74, 6) is 0.810. The molecule has 1 aromatic carbocycles. The van der Waals surface area contributed by atoms with Gasteiger partial charge in [0.15, 0.2) is 5.12 Å². The van der Waals surface area contributed by atoms with E-state index in [1.54, 1.807) is 11.3 Å². The first-order valence-electron chi connectivity index (χ1n) is 7.08. The zero-order valence-corrected chi connectivity index (χ0v) is 14.3. The third kappa shape index (κ3) is 3.89. The molecule has 0 aliphatic rings. The predicted molar refractivity (Wildman–Crippen MR) is 94.0 cm³/mol. The molecular weight excluding hydrogens is 298 g/mol. The van der Waals surface area contributed by atoms with Crippen LogP contribution < -0.4 is 5.32 Å². The topological polar surface area (TPSA) is 29.1 Å². The Morgan fingerprint density at radius 3 is 2.52 bits per heavy atom. The first kappa shape index (κ1) is 16.1. The summed E-state index contributed by atoms with van der Waals surface area (Å²) in [7, 11) is 0. The van der Waals surface area contributed by atoms with Crippen LogP contribution in [-0.2, 0) is 4.79 Å². The molecule has 0 aliphatic carbocycles. The van der Waals surface area contributed by atoms with Gasteiger partial charge in [0.2, 0.25) is 0 Å². The molecule has 0 spiro atoms. The lowest BCUT2D eigenvalue weighted by atomic mass is 9.84. The van der Waals surface area contributed by atoms with Gasteiger partial charge < -0.3 is 5.32 Å². The smallest absolute Gasteiger partial charge is 0.196 e. The minimum absolute atomic E-state index is 0.0218. The van der Waals surface area contributed by atoms with Crippen LogP contribution in [0.3, 0.4) is 0 Å². The maximum atomic E-state index is 12.5. The van der Waals surface area contributed by atoms with Gasteiger partial charge in [0, 0.05) is 10.6 Å². The second kappa shape index (κ2) is 7.14. The van der Waals surface area contributed by atoms with E-state index in [1.807, 2.05) is 57.2 Å². The standard InChI is InChI=1S/C17H21NOS2/c1-4-20-16(19)17(2,3)15(14-11-8-12-21-14)18-13-9-6-5-7-10-13/h5-12,15,18H,4H2,1-3H3. The summed E-state index contributed by atoms with van der Waals surface area (Å²) in [5.41, 5.74) is 0.569. The van der Waals surface area contributed by atoms with E-state index in [-0.39, 0.29) is 11.2 Å². The number of carbonyl (C=O) groups is 1. The summed E-state index contributed by atoms with van der Waals surface area (Å²) in [6, 6.07) is 14.2. The van der Waals surface area contributed by atoms with E-state index in [1.165, 1.54) is 16.6 Å². The van der Waals surface area contributed by atoms with Crippen molar-refractivity contribution in [3.05, 3.63) is 52.7 Å². The average molecular weight is 319 g/mol. The van der Waals surface area contributed by atoms with Crippen LogP contribution in [-0.4, -0.2) is 10.9 Å². The third-order valence-electron chi connectivity index (χ3n) is 3.44. The Bertz CT molecular complexity index is 564. The van der Waals surface area contributed by atoms with E-state index < -0.39 is 5.41 Å². The Labute approximate surface area is 135 Å². The van der Waals surface area contributed by atoms with Gasteiger partial charge in [-0.1, -0.05) is 43.0 Å². The fourth-order valence-electron chi connectivity index (χ4n) is 2.20. The van der Waals surface area contributed by atoms with Crippen LogP contribution in [0.5, 0.6) is 0 Å². The third-order valence-corrected chi connectivity index (χ3v) is 5.45. The predicted octanol–water partition coefficient (Wildman–Crippen LogP) is 5.21. The monoisotopic (exact) mass is 319 g/mol. The highest BCUT2D eigenvalue weighted by Gasteiger charge is 2.38. The highest BCUT2D eigenvalue weighted by Crippen LogP contribution is 2.41. The lowest BCUT2D eigenvalue weighted by molar-refractivity contribution is -0.118. The molecular formula is C17H21NOS2. The molecule has 2 aromatic rings. The molecule has 112 valence electrons. The first-order chi connectivity index (χ1) is 10.1. The van der Waals surface area contributed by atoms with Crippen molar-refractivity contribution in [3.8, 4) is 0 Å². The van der Waals surface area contributed by atoms with Gasteiger partial charge in [-0.05, 0) is 43.2 Å². The van der Waals surface area contributed by atoms with E-state index in [9.17, 15) is 4.79 Å². The normalized spacial score (nSPS) is 12.9. The Morgan fingerprint density at radius 2 is 1.95 bits per heavy atom. The average Bonchev–Trinajstić information content (AvgIpc) is 2.99. The number of thioether (sulfide) groups is 1. The maximum absolute atomic E-state index is 12.5. The number of anilines is 1. The van der Waals surface area contributed by atoms with Crippen LogP contribution in [0.25, 0.3) is 0 Å². The van der Waals surface area contributed by atoms with Crippen LogP contribution in [0.1, 0.15) is 31.7 Å². The van der Waals surface area contributed by atoms with Gasteiger partial charge in [-0.2, -0.15) is 0 Å². The summed E-state index contributed by atoms with van der Waals surface area (Å²) in [6.07, 6.45) is 0. The molecule has 0 bridgehead atoms. The van der Waals surface area contributed by atoms with Crippen molar-refractivity contribution in [2.45, 2.75) is 26.8 Å². The van der Waals surface area contributed by atoms with Gasteiger partial charge in [-0.15, -0.1) is 11.3 Å². The minimum atomic E-state index is -0.471. The Balaban J connectivity index is 2.30. The van der Waals surface area contributed by atoms with E-state index in [2.05, 4.69) is 16.8 Å². The lowest BCUT2D eigenvalue weighted by Gasteiger charge is -2.33. The zero-order valence-electron chi connectivity index (χ0n) is 12.6. The van der Waals surface area contributed by atoms with Gasteiger partial charge in [0.05, 0.1) is 11.5 Å². The molecule has 2 rings (SSSR count). The second-order valence-corrected chi connectivity index (χ2v) is 7.62. The SMILES string of the molecule is CCSC(=O)C(C)(C)C(Nc1ccccc1)c1cccs1. The summed E-state index contributed by atoms with van der Waals surface area (Å²) in [6.45, 7) is 6.07. The second-order valence-electron chi connectivity index (χ2n) is 5.40. The van der Waals surface area contributed by atoms with E-state index in [0.29, 0.717) is 0 Å². The Morgan fingerprint density at radius 1 is 1.24 bits per heavy atom. The zero-order chi connectivity index (χ0) is 15.3. The van der Waals surface area contributed by atoms with E-state index in [0.717, 1.165) is 11.4 Å². The summed E-state index contributed by atoms with van der Waals surface area (Å²) < 4.78 is 0. The molecule has 1 aromatic heterocycles. The molecule has 0 saturated carbocycles. The molecule has 0 aliphatic heterocycles. The fraction of sp³-hybridized carbons (Fsp3) is 0.353. The number of nitrogens with one attached hydrogen (secondary N) is 1. The van der Waals surface area contributed by atoms with Gasteiger partial charge in [0.25, 0.3) is 0 Å². The first-order valence-corrected chi connectivity index (χ1v) is 8.94. The van der Waals surface area contributed by atoms with Crippen LogP contribution in [0.15, 0.2) is 47.8 Å². The summed E-state index contributed by atoms with van der Waals surface area (Å²) in [5, 5.41) is 5.82. The number of rotatable bonds is 6. The number of thiophene rings is 1. The van der Waals surface area contributed by atoms with Crippen molar-refractivity contribution < 1.29 is 4.79 Å². The number of para-hydroxylation sites is 1. The molecule has 0 amide bonds. The number of benzene rings is 1. The molecule has 0 fully saturated rings. The molecule has 1 heterocycles. The largest absolute Gasteiger partial charge is 0.376 e. The van der Waals surface area contributed by atoms with Crippen LogP contribution in [0.4, 0.5) is 5.69 Å². The van der Waals surface area contributed by atoms with Gasteiger partial charge in [-0.3, -0.25) is 4.79 Å². The Kier molecular flexibility index (Phi) is 5.48. The van der Waals surface area contributed by atoms with Crippen molar-refractivity contribution in [2.75, 3.05) is 11.1 Å². The van der Waals surface area contributed by atoms with Crippen molar-refractivity contribution in [1.82, 2.24) is 0 Å². The molecule has 4 heteroatoms. The number of hydrogen-bond donors (Lipinski definition) is 1. The van der Waals surface area contributed by atoms with E-state index >= 15 is 0 Å². The number of carbonyl (C=O) groups excluding carboxylic acids is 1. The van der Waals surface area contributed by atoms with Gasteiger partial charge in [0.1, 0.15) is 0 Å². The van der Waals surface area contributed by atoms with Crippen molar-refractivity contribution in [1.29, 1.82) is 0 Å². The highest BCUT2D eigenvalue weighted by molar-refractivity contribution is 8.13. The summed E-state index contributed by atoms with van der Waals surface area (Å²) >= 11 is 3.09. The lowest BCUT2D eigenvalue weighted by Crippen LogP contribution is -2.34. The fourth-order valence-corrected chi connectivity index (χ4v) is 3.91. The van der Waals surface area contributed by atoms with Crippen LogP contribution >= 0.6 is 23.1 Å². The van der Waals surface area contributed by atoms with Crippen molar-refractivity contribution in [3.63, 3.8) is 0 Å². The van der Waals surface area contributed by atoms with Crippen molar-refractivity contribution in [2.24, 2.45) is 5.41 Å².